The molecule has 3 aromatic carbocycles. The highest BCUT2D eigenvalue weighted by Gasteiger charge is 1.85. The Bertz CT molecular complexity index is 624. The highest BCUT2D eigenvalue weighted by atomic mass is 14.8. The summed E-state index contributed by atoms with van der Waals surface area (Å²) in [5, 5.41) is 3.03. The fourth-order valence-electron chi connectivity index (χ4n) is 1.78. The minimum Gasteiger partial charge on any atom is -0.399 e. The lowest BCUT2D eigenvalue weighted by Gasteiger charge is -1.94. The first-order valence-electron chi connectivity index (χ1n) is 7.89. The molecule has 0 saturated carbocycles. The first-order valence-corrected chi connectivity index (χ1v) is 7.89. The highest BCUT2D eigenvalue weighted by molar-refractivity contribution is 5.45. The van der Waals surface area contributed by atoms with Gasteiger partial charge in [0.25, 0.3) is 0 Å². The molecule has 0 unspecified atom stereocenters. The Morgan fingerprint density at radius 2 is 0.958 bits per heavy atom. The molecule has 0 bridgehead atoms. The normalized spacial score (nSPS) is 8.96. The molecule has 0 aromatic heterocycles. The van der Waals surface area contributed by atoms with E-state index in [9.17, 15) is 0 Å². The van der Waals surface area contributed by atoms with Crippen molar-refractivity contribution in [1.82, 2.24) is 0 Å². The molecular formula is C21H27N3. The third kappa shape index (κ3) is 7.36. The molecule has 24 heavy (non-hydrogen) atoms. The maximum atomic E-state index is 5.52. The van der Waals surface area contributed by atoms with Crippen LogP contribution in [0.2, 0.25) is 0 Å². The number of anilines is 3. The minimum absolute atomic E-state index is 0.868. The number of para-hydroxylation sites is 3. The monoisotopic (exact) mass is 321 g/mol. The molecule has 3 aromatic rings. The van der Waals surface area contributed by atoms with Crippen molar-refractivity contribution in [3.05, 3.63) is 90.0 Å². The summed E-state index contributed by atoms with van der Waals surface area (Å²) in [6.07, 6.45) is 0. The van der Waals surface area contributed by atoms with Crippen molar-refractivity contribution < 1.29 is 0 Å². The van der Waals surface area contributed by atoms with E-state index in [2.05, 4.69) is 5.32 Å². The Balaban J connectivity index is 0.000000180. The number of nitrogens with one attached hydrogen (secondary N) is 1. The van der Waals surface area contributed by atoms with Crippen molar-refractivity contribution >= 4 is 17.1 Å². The molecule has 0 spiro atoms. The van der Waals surface area contributed by atoms with Gasteiger partial charge in [-0.2, -0.15) is 0 Å². The van der Waals surface area contributed by atoms with Crippen LogP contribution in [-0.2, 0) is 0 Å². The number of hydrogen-bond donors (Lipinski definition) is 3. The molecule has 0 amide bonds. The Morgan fingerprint density at radius 1 is 0.583 bits per heavy atom. The first kappa shape index (κ1) is 19.1. The highest BCUT2D eigenvalue weighted by Crippen LogP contribution is 2.07. The average molecular weight is 321 g/mol. The molecule has 5 N–H and O–H groups in total. The van der Waals surface area contributed by atoms with Gasteiger partial charge in [-0.15, -0.1) is 0 Å². The Kier molecular flexibility index (Phi) is 8.54. The smallest absolute Gasteiger partial charge is 0.0343 e. The summed E-state index contributed by atoms with van der Waals surface area (Å²) < 4.78 is 0. The molecule has 0 saturated heterocycles. The number of benzene rings is 3. The second kappa shape index (κ2) is 10.7. The van der Waals surface area contributed by atoms with Crippen LogP contribution in [0, 0.1) is 13.8 Å². The van der Waals surface area contributed by atoms with Gasteiger partial charge in [-0.25, -0.2) is 0 Å². The van der Waals surface area contributed by atoms with Gasteiger partial charge in [-0.3, -0.25) is 0 Å². The van der Waals surface area contributed by atoms with E-state index in [-0.39, 0.29) is 0 Å². The van der Waals surface area contributed by atoms with E-state index in [1.807, 2.05) is 99.8 Å². The first-order chi connectivity index (χ1) is 11.5. The van der Waals surface area contributed by atoms with Crippen molar-refractivity contribution in [3.8, 4) is 0 Å². The van der Waals surface area contributed by atoms with Crippen molar-refractivity contribution in [2.24, 2.45) is 0 Å². The maximum absolute atomic E-state index is 5.52. The zero-order valence-electron chi connectivity index (χ0n) is 14.7. The zero-order valence-corrected chi connectivity index (χ0v) is 14.7. The SMILES string of the molecule is CNc1ccccc1.Cc1ccccc1N.Cc1ccccc1N. The van der Waals surface area contributed by atoms with E-state index in [4.69, 9.17) is 11.5 Å². The van der Waals surface area contributed by atoms with Gasteiger partial charge in [0.15, 0.2) is 0 Å². The summed E-state index contributed by atoms with van der Waals surface area (Å²) in [5.74, 6) is 0. The molecule has 0 heterocycles. The third-order valence-corrected chi connectivity index (χ3v) is 3.44. The second-order valence-electron chi connectivity index (χ2n) is 5.33. The van der Waals surface area contributed by atoms with Gasteiger partial charge in [-0.1, -0.05) is 54.6 Å². The van der Waals surface area contributed by atoms with Crippen molar-refractivity contribution in [1.29, 1.82) is 0 Å². The van der Waals surface area contributed by atoms with E-state index >= 15 is 0 Å². The van der Waals surface area contributed by atoms with Crippen molar-refractivity contribution in [2.75, 3.05) is 23.8 Å². The minimum atomic E-state index is 0.868. The van der Waals surface area contributed by atoms with E-state index in [1.165, 1.54) is 0 Å². The fraction of sp³-hybridized carbons (Fsp3) is 0.143. The van der Waals surface area contributed by atoms with Gasteiger partial charge in [0.2, 0.25) is 0 Å². The van der Waals surface area contributed by atoms with Crippen LogP contribution >= 0.6 is 0 Å². The standard InChI is InChI=1S/3C7H9N/c1-8-7-5-3-2-4-6-7;2*1-6-4-2-3-5-7(6)8/h2-6,8H,1H3;2*2-5H,8H2,1H3. The largest absolute Gasteiger partial charge is 0.399 e. The molecular weight excluding hydrogens is 294 g/mol. The van der Waals surface area contributed by atoms with Gasteiger partial charge >= 0.3 is 0 Å². The van der Waals surface area contributed by atoms with Gasteiger partial charge in [0.1, 0.15) is 0 Å². The van der Waals surface area contributed by atoms with E-state index in [0.717, 1.165) is 28.2 Å². The number of hydrogen-bond acceptors (Lipinski definition) is 3. The van der Waals surface area contributed by atoms with Gasteiger partial charge in [0, 0.05) is 24.1 Å². The van der Waals surface area contributed by atoms with Crippen molar-refractivity contribution in [3.63, 3.8) is 0 Å². The summed E-state index contributed by atoms with van der Waals surface area (Å²) in [5.41, 5.74) is 16.2. The molecule has 0 atom stereocenters. The molecule has 0 aliphatic heterocycles. The van der Waals surface area contributed by atoms with E-state index in [0.29, 0.717) is 0 Å². The van der Waals surface area contributed by atoms with Crippen LogP contribution in [0.1, 0.15) is 11.1 Å². The van der Waals surface area contributed by atoms with Crippen LogP contribution in [0.5, 0.6) is 0 Å². The Hall–Kier alpha value is -2.94. The summed E-state index contributed by atoms with van der Waals surface area (Å²) in [6, 6.07) is 25.7. The summed E-state index contributed by atoms with van der Waals surface area (Å²) in [7, 11) is 1.91. The molecule has 3 rings (SSSR count). The van der Waals surface area contributed by atoms with Crippen LogP contribution in [0.15, 0.2) is 78.9 Å². The molecule has 126 valence electrons. The van der Waals surface area contributed by atoms with Gasteiger partial charge in [0.05, 0.1) is 0 Å². The molecule has 3 nitrogen and oxygen atoms in total. The number of nitrogens with two attached hydrogens (primary N) is 2. The number of aryl methyl sites for hydroxylation is 2. The van der Waals surface area contributed by atoms with Crippen LogP contribution in [-0.4, -0.2) is 7.05 Å². The summed E-state index contributed by atoms with van der Waals surface area (Å²) >= 11 is 0. The number of rotatable bonds is 1. The van der Waals surface area contributed by atoms with Crippen LogP contribution in [0.4, 0.5) is 17.1 Å². The van der Waals surface area contributed by atoms with Crippen molar-refractivity contribution in [2.45, 2.75) is 13.8 Å². The Labute approximate surface area is 145 Å². The van der Waals surface area contributed by atoms with Crippen LogP contribution in [0.3, 0.4) is 0 Å². The van der Waals surface area contributed by atoms with Gasteiger partial charge in [-0.05, 0) is 49.2 Å². The third-order valence-electron chi connectivity index (χ3n) is 3.44. The Morgan fingerprint density at radius 3 is 1.21 bits per heavy atom. The molecule has 0 radical (unpaired) electrons. The lowest BCUT2D eigenvalue weighted by molar-refractivity contribution is 1.47. The van der Waals surface area contributed by atoms with Crippen LogP contribution < -0.4 is 16.8 Å². The molecule has 3 heteroatoms. The summed E-state index contributed by atoms with van der Waals surface area (Å²) in [4.78, 5) is 0. The van der Waals surface area contributed by atoms with Crippen LogP contribution in [0.25, 0.3) is 0 Å². The molecule has 0 aliphatic carbocycles. The molecule has 0 aliphatic rings. The predicted molar refractivity (Wildman–Crippen MR) is 107 cm³/mol. The predicted octanol–water partition coefficient (Wildman–Crippen LogP) is 4.88. The lowest BCUT2D eigenvalue weighted by atomic mass is 10.2. The zero-order chi connectivity index (χ0) is 17.8. The average Bonchev–Trinajstić information content (AvgIpc) is 2.62. The van der Waals surface area contributed by atoms with E-state index < -0.39 is 0 Å². The maximum Gasteiger partial charge on any atom is 0.0343 e. The molecule has 0 fully saturated rings. The van der Waals surface area contributed by atoms with E-state index in [1.54, 1.807) is 0 Å². The summed E-state index contributed by atoms with van der Waals surface area (Å²) in [6.45, 7) is 3.99. The van der Waals surface area contributed by atoms with Gasteiger partial charge < -0.3 is 16.8 Å². The lowest BCUT2D eigenvalue weighted by Crippen LogP contribution is -1.85. The quantitative estimate of drug-likeness (QED) is 0.560. The second-order valence-corrected chi connectivity index (χ2v) is 5.33. The number of nitrogen functional groups attached to an aromatic ring is 2. The fourth-order valence-corrected chi connectivity index (χ4v) is 1.78. The topological polar surface area (TPSA) is 64.1 Å².